The first kappa shape index (κ1) is 13.9. The lowest BCUT2D eigenvalue weighted by Gasteiger charge is -2.15. The molecule has 0 aromatic carbocycles. The fourth-order valence-corrected chi connectivity index (χ4v) is 1.09. The molecule has 0 spiro atoms. The smallest absolute Gasteiger partial charge is 0.347 e. The summed E-state index contributed by atoms with van der Waals surface area (Å²) in [5.41, 5.74) is 0. The Bertz CT molecular complexity index is 201. The molecule has 0 aromatic rings. The van der Waals surface area contributed by atoms with Gasteiger partial charge in [0.25, 0.3) is 0 Å². The third kappa shape index (κ3) is 6.10. The minimum absolute atomic E-state index is 0.280. The van der Waals surface area contributed by atoms with E-state index < -0.39 is 12.1 Å². The average molecular weight is 216 g/mol. The first-order valence-corrected chi connectivity index (χ1v) is 5.51. The van der Waals surface area contributed by atoms with Crippen LogP contribution in [0.1, 0.15) is 46.5 Å². The first-order chi connectivity index (χ1) is 7.15. The van der Waals surface area contributed by atoms with Gasteiger partial charge in [0.05, 0.1) is 6.61 Å². The van der Waals surface area contributed by atoms with Crippen LogP contribution < -0.4 is 0 Å². The Hall–Kier alpha value is -1.06. The van der Waals surface area contributed by atoms with E-state index in [9.17, 15) is 9.59 Å². The van der Waals surface area contributed by atoms with Crippen molar-refractivity contribution >= 4 is 11.9 Å². The van der Waals surface area contributed by atoms with Crippen LogP contribution >= 0.6 is 0 Å². The molecule has 1 atom stereocenters. The molecule has 4 heteroatoms. The number of unbranched alkanes of at least 4 members (excludes halogenated alkanes) is 1. The Kier molecular flexibility index (Phi) is 7.68. The Morgan fingerprint density at radius 3 is 2.33 bits per heavy atom. The summed E-state index contributed by atoms with van der Waals surface area (Å²) < 4.78 is 9.83. The molecule has 0 rings (SSSR count). The fourth-order valence-electron chi connectivity index (χ4n) is 1.09. The van der Waals surface area contributed by atoms with Gasteiger partial charge >= 0.3 is 11.9 Å². The van der Waals surface area contributed by atoms with Crippen LogP contribution in [0, 0.1) is 0 Å². The van der Waals surface area contributed by atoms with E-state index in [1.165, 1.54) is 0 Å². The van der Waals surface area contributed by atoms with E-state index >= 15 is 0 Å². The summed E-state index contributed by atoms with van der Waals surface area (Å²) in [7, 11) is 0. The Labute approximate surface area is 90.9 Å². The van der Waals surface area contributed by atoms with Crippen molar-refractivity contribution in [2.75, 3.05) is 6.61 Å². The van der Waals surface area contributed by atoms with Crippen molar-refractivity contribution in [2.45, 2.75) is 52.6 Å². The van der Waals surface area contributed by atoms with Crippen molar-refractivity contribution in [2.24, 2.45) is 0 Å². The zero-order valence-electron chi connectivity index (χ0n) is 9.75. The topological polar surface area (TPSA) is 52.6 Å². The fraction of sp³-hybridized carbons (Fsp3) is 0.818. The molecule has 15 heavy (non-hydrogen) atoms. The molecule has 0 N–H and O–H groups in total. The van der Waals surface area contributed by atoms with Crippen molar-refractivity contribution in [1.82, 2.24) is 0 Å². The molecule has 0 aliphatic carbocycles. The number of esters is 2. The second kappa shape index (κ2) is 8.26. The Morgan fingerprint density at radius 2 is 1.87 bits per heavy atom. The highest BCUT2D eigenvalue weighted by atomic mass is 16.6. The maximum absolute atomic E-state index is 11.4. The van der Waals surface area contributed by atoms with Crippen LogP contribution in [-0.4, -0.2) is 24.6 Å². The standard InChI is InChI=1S/C11H20O4/c1-4-7-8-9(11(13)14-6-3)15-10(12)5-2/h9H,4-8H2,1-3H3. The van der Waals surface area contributed by atoms with Crippen molar-refractivity contribution in [1.29, 1.82) is 0 Å². The number of ether oxygens (including phenoxy) is 2. The summed E-state index contributed by atoms with van der Waals surface area (Å²) in [5.74, 6) is -0.795. The van der Waals surface area contributed by atoms with E-state index in [2.05, 4.69) is 0 Å². The third-order valence-corrected chi connectivity index (χ3v) is 1.93. The lowest BCUT2D eigenvalue weighted by Crippen LogP contribution is -2.29. The minimum Gasteiger partial charge on any atom is -0.463 e. The number of hydrogen-bond acceptors (Lipinski definition) is 4. The summed E-state index contributed by atoms with van der Waals surface area (Å²) in [6, 6.07) is 0. The molecule has 0 saturated carbocycles. The number of rotatable bonds is 7. The summed E-state index contributed by atoms with van der Waals surface area (Å²) >= 11 is 0. The molecule has 0 aromatic heterocycles. The molecule has 0 aliphatic heterocycles. The highest BCUT2D eigenvalue weighted by Crippen LogP contribution is 2.08. The van der Waals surface area contributed by atoms with Gasteiger partial charge in [0, 0.05) is 6.42 Å². The van der Waals surface area contributed by atoms with Crippen LogP contribution in [0.4, 0.5) is 0 Å². The predicted molar refractivity (Wildman–Crippen MR) is 56.3 cm³/mol. The molecule has 0 heterocycles. The van der Waals surface area contributed by atoms with Gasteiger partial charge in [0.15, 0.2) is 6.10 Å². The van der Waals surface area contributed by atoms with E-state index in [0.717, 1.165) is 12.8 Å². The van der Waals surface area contributed by atoms with Gasteiger partial charge in [-0.1, -0.05) is 20.3 Å². The lowest BCUT2D eigenvalue weighted by molar-refractivity contribution is -0.168. The van der Waals surface area contributed by atoms with E-state index in [0.29, 0.717) is 13.0 Å². The second-order valence-corrected chi connectivity index (χ2v) is 3.23. The van der Waals surface area contributed by atoms with Crippen molar-refractivity contribution in [3.05, 3.63) is 0 Å². The molecule has 1 unspecified atom stereocenters. The van der Waals surface area contributed by atoms with Gasteiger partial charge in [-0.2, -0.15) is 0 Å². The highest BCUT2D eigenvalue weighted by molar-refractivity contribution is 5.79. The molecular weight excluding hydrogens is 196 g/mol. The second-order valence-electron chi connectivity index (χ2n) is 3.23. The average Bonchev–Trinajstić information content (AvgIpc) is 2.24. The maximum atomic E-state index is 11.4. The SMILES string of the molecule is CCCCC(OC(=O)CC)C(=O)OCC. The normalized spacial score (nSPS) is 11.9. The lowest BCUT2D eigenvalue weighted by atomic mass is 10.1. The summed E-state index contributed by atoms with van der Waals surface area (Å²) in [4.78, 5) is 22.5. The van der Waals surface area contributed by atoms with Gasteiger partial charge in [-0.05, 0) is 19.8 Å². The van der Waals surface area contributed by atoms with Crippen molar-refractivity contribution in [3.63, 3.8) is 0 Å². The molecular formula is C11H20O4. The summed E-state index contributed by atoms with van der Waals surface area (Å²) in [6.07, 6.45) is 1.90. The minimum atomic E-state index is -0.725. The number of hydrogen-bond donors (Lipinski definition) is 0. The Balaban J connectivity index is 4.16. The van der Waals surface area contributed by atoms with E-state index in [4.69, 9.17) is 9.47 Å². The molecule has 0 saturated heterocycles. The number of carbonyl (C=O) groups excluding carboxylic acids is 2. The third-order valence-electron chi connectivity index (χ3n) is 1.93. The zero-order valence-corrected chi connectivity index (χ0v) is 9.75. The first-order valence-electron chi connectivity index (χ1n) is 5.51. The van der Waals surface area contributed by atoms with Crippen LogP contribution in [0.3, 0.4) is 0 Å². The predicted octanol–water partition coefficient (Wildman–Crippen LogP) is 2.06. The highest BCUT2D eigenvalue weighted by Gasteiger charge is 2.22. The van der Waals surface area contributed by atoms with Crippen LogP contribution in [-0.2, 0) is 19.1 Å². The largest absolute Gasteiger partial charge is 0.463 e. The molecule has 88 valence electrons. The van der Waals surface area contributed by atoms with Crippen LogP contribution in [0.2, 0.25) is 0 Å². The monoisotopic (exact) mass is 216 g/mol. The van der Waals surface area contributed by atoms with Crippen LogP contribution in [0.25, 0.3) is 0 Å². The van der Waals surface area contributed by atoms with Gasteiger partial charge in [0.1, 0.15) is 0 Å². The van der Waals surface area contributed by atoms with Gasteiger partial charge in [-0.25, -0.2) is 4.79 Å². The van der Waals surface area contributed by atoms with Crippen molar-refractivity contribution in [3.8, 4) is 0 Å². The summed E-state index contributed by atoms with van der Waals surface area (Å²) in [5, 5.41) is 0. The molecule has 4 nitrogen and oxygen atoms in total. The van der Waals surface area contributed by atoms with Gasteiger partial charge in [0.2, 0.25) is 0 Å². The van der Waals surface area contributed by atoms with Crippen LogP contribution in [0.5, 0.6) is 0 Å². The quantitative estimate of drug-likeness (QED) is 0.611. The van der Waals surface area contributed by atoms with Crippen LogP contribution in [0.15, 0.2) is 0 Å². The molecule has 0 amide bonds. The zero-order chi connectivity index (χ0) is 11.7. The van der Waals surface area contributed by atoms with Gasteiger partial charge < -0.3 is 9.47 Å². The van der Waals surface area contributed by atoms with Gasteiger partial charge in [-0.15, -0.1) is 0 Å². The molecule has 0 radical (unpaired) electrons. The molecule has 0 aliphatic rings. The van der Waals surface area contributed by atoms with Crippen molar-refractivity contribution < 1.29 is 19.1 Å². The molecule has 0 bridgehead atoms. The van der Waals surface area contributed by atoms with Gasteiger partial charge in [-0.3, -0.25) is 4.79 Å². The van der Waals surface area contributed by atoms with E-state index in [1.54, 1.807) is 13.8 Å². The summed E-state index contributed by atoms with van der Waals surface area (Å²) in [6.45, 7) is 5.76. The molecule has 0 fully saturated rings. The van der Waals surface area contributed by atoms with E-state index in [1.807, 2.05) is 6.92 Å². The van der Waals surface area contributed by atoms with E-state index in [-0.39, 0.29) is 12.4 Å². The maximum Gasteiger partial charge on any atom is 0.347 e. The Morgan fingerprint density at radius 1 is 1.20 bits per heavy atom. The number of carbonyl (C=O) groups is 2.